The van der Waals surface area contributed by atoms with Gasteiger partial charge in [-0.2, -0.15) is 0 Å². The van der Waals surface area contributed by atoms with Crippen LogP contribution in [0.1, 0.15) is 18.5 Å². The number of imidazole rings is 1. The lowest BCUT2D eigenvalue weighted by atomic mass is 10.1. The Hall–Kier alpha value is -2.37. The van der Waals surface area contributed by atoms with Crippen molar-refractivity contribution in [2.24, 2.45) is 0 Å². The number of rotatable bonds is 3. The van der Waals surface area contributed by atoms with Crippen molar-refractivity contribution in [3.8, 4) is 0 Å². The highest BCUT2D eigenvalue weighted by Crippen LogP contribution is 2.19. The van der Waals surface area contributed by atoms with Gasteiger partial charge in [-0.05, 0) is 17.7 Å². The highest BCUT2D eigenvalue weighted by molar-refractivity contribution is 5.86. The molecule has 94 valence electrons. The summed E-state index contributed by atoms with van der Waals surface area (Å²) in [5, 5.41) is 2.56. The minimum Gasteiger partial charge on any atom is -0.467 e. The quantitative estimate of drug-likeness (QED) is 0.790. The Balaban J connectivity index is 2.39. The molecule has 1 atom stereocenters. The van der Waals surface area contributed by atoms with Gasteiger partial charge in [-0.25, -0.2) is 9.78 Å². The molecule has 0 aliphatic heterocycles. The second-order valence-corrected chi connectivity index (χ2v) is 3.84. The molecule has 0 aliphatic rings. The van der Waals surface area contributed by atoms with E-state index in [4.69, 9.17) is 0 Å². The molecule has 0 fully saturated rings. The van der Waals surface area contributed by atoms with Crippen LogP contribution in [0.15, 0.2) is 24.5 Å². The number of benzene rings is 1. The third-order valence-corrected chi connectivity index (χ3v) is 2.56. The first kappa shape index (κ1) is 12.1. The summed E-state index contributed by atoms with van der Waals surface area (Å²) in [4.78, 5) is 29.8. The van der Waals surface area contributed by atoms with Crippen LogP contribution in [0.25, 0.3) is 11.0 Å². The average Bonchev–Trinajstić information content (AvgIpc) is 2.81. The fraction of sp³-hybridized carbons (Fsp3) is 0.250. The zero-order valence-corrected chi connectivity index (χ0v) is 10.1. The van der Waals surface area contributed by atoms with Gasteiger partial charge in [0, 0.05) is 6.92 Å². The number of hydrogen-bond donors (Lipinski definition) is 2. The van der Waals surface area contributed by atoms with Crippen LogP contribution in [-0.2, 0) is 14.3 Å². The molecule has 1 heterocycles. The predicted molar refractivity (Wildman–Crippen MR) is 64.7 cm³/mol. The van der Waals surface area contributed by atoms with Gasteiger partial charge in [-0.1, -0.05) is 6.07 Å². The van der Waals surface area contributed by atoms with Crippen LogP contribution in [0.3, 0.4) is 0 Å². The molecule has 0 radical (unpaired) electrons. The van der Waals surface area contributed by atoms with Crippen molar-refractivity contribution < 1.29 is 14.3 Å². The minimum absolute atomic E-state index is 0.296. The van der Waals surface area contributed by atoms with Gasteiger partial charge in [0.15, 0.2) is 6.04 Å². The van der Waals surface area contributed by atoms with Crippen molar-refractivity contribution >= 4 is 22.9 Å². The third kappa shape index (κ3) is 2.32. The summed E-state index contributed by atoms with van der Waals surface area (Å²) in [5.74, 6) is -0.806. The van der Waals surface area contributed by atoms with Gasteiger partial charge in [-0.3, -0.25) is 4.79 Å². The second kappa shape index (κ2) is 4.87. The molecule has 1 aromatic heterocycles. The van der Waals surface area contributed by atoms with E-state index in [1.165, 1.54) is 14.0 Å². The van der Waals surface area contributed by atoms with Crippen LogP contribution in [0.2, 0.25) is 0 Å². The molecular formula is C12H13N3O3. The summed E-state index contributed by atoms with van der Waals surface area (Å²) in [5.41, 5.74) is 2.24. The number of amides is 1. The Labute approximate surface area is 103 Å². The summed E-state index contributed by atoms with van der Waals surface area (Å²) in [7, 11) is 1.28. The van der Waals surface area contributed by atoms with Crippen molar-refractivity contribution in [1.82, 2.24) is 15.3 Å². The number of esters is 1. The van der Waals surface area contributed by atoms with Gasteiger partial charge in [0.05, 0.1) is 24.5 Å². The standard InChI is InChI=1S/C12H13N3O3/c1-7(16)15-11(12(17)18-2)8-3-4-9-10(5-8)14-6-13-9/h3-6,11H,1-2H3,(H,13,14)(H,15,16). The van der Waals surface area contributed by atoms with Gasteiger partial charge in [0.25, 0.3) is 0 Å². The van der Waals surface area contributed by atoms with Gasteiger partial charge in [0.1, 0.15) is 0 Å². The Morgan fingerprint density at radius 2 is 2.22 bits per heavy atom. The number of H-pyrrole nitrogens is 1. The largest absolute Gasteiger partial charge is 0.467 e. The molecular weight excluding hydrogens is 234 g/mol. The lowest BCUT2D eigenvalue weighted by Crippen LogP contribution is -2.32. The fourth-order valence-corrected chi connectivity index (χ4v) is 1.73. The van der Waals surface area contributed by atoms with E-state index in [1.54, 1.807) is 24.5 Å². The van der Waals surface area contributed by atoms with Crippen molar-refractivity contribution in [1.29, 1.82) is 0 Å². The van der Waals surface area contributed by atoms with E-state index < -0.39 is 12.0 Å². The lowest BCUT2D eigenvalue weighted by molar-refractivity contribution is -0.145. The predicted octanol–water partition coefficient (Wildman–Crippen LogP) is 0.913. The first-order valence-electron chi connectivity index (χ1n) is 5.40. The topological polar surface area (TPSA) is 84.1 Å². The van der Waals surface area contributed by atoms with Crippen LogP contribution in [0.4, 0.5) is 0 Å². The van der Waals surface area contributed by atoms with E-state index in [-0.39, 0.29) is 5.91 Å². The summed E-state index contributed by atoms with van der Waals surface area (Å²) >= 11 is 0. The van der Waals surface area contributed by atoms with Crippen molar-refractivity contribution in [3.63, 3.8) is 0 Å². The summed E-state index contributed by atoms with van der Waals surface area (Å²) in [6.07, 6.45) is 1.57. The summed E-state index contributed by atoms with van der Waals surface area (Å²) < 4.78 is 4.68. The van der Waals surface area contributed by atoms with Crippen molar-refractivity contribution in [2.45, 2.75) is 13.0 Å². The third-order valence-electron chi connectivity index (χ3n) is 2.56. The molecule has 0 bridgehead atoms. The molecule has 18 heavy (non-hydrogen) atoms. The lowest BCUT2D eigenvalue weighted by Gasteiger charge is -2.15. The number of methoxy groups -OCH3 is 1. The van der Waals surface area contributed by atoms with Crippen LogP contribution in [-0.4, -0.2) is 29.0 Å². The van der Waals surface area contributed by atoms with Gasteiger partial charge >= 0.3 is 5.97 Å². The molecule has 2 aromatic rings. The molecule has 0 saturated carbocycles. The molecule has 6 heteroatoms. The second-order valence-electron chi connectivity index (χ2n) is 3.84. The first-order valence-corrected chi connectivity index (χ1v) is 5.40. The Bertz CT molecular complexity index is 591. The molecule has 1 unspecified atom stereocenters. The number of aromatic amines is 1. The van der Waals surface area contributed by atoms with E-state index in [2.05, 4.69) is 20.0 Å². The SMILES string of the molecule is COC(=O)C(NC(C)=O)c1ccc2nc[nH]c2c1. The monoisotopic (exact) mass is 247 g/mol. The highest BCUT2D eigenvalue weighted by atomic mass is 16.5. The molecule has 0 saturated heterocycles. The Kier molecular flexibility index (Phi) is 3.27. The average molecular weight is 247 g/mol. The molecule has 2 rings (SSSR count). The molecule has 1 aromatic carbocycles. The van der Waals surface area contributed by atoms with Crippen LogP contribution in [0.5, 0.6) is 0 Å². The van der Waals surface area contributed by atoms with Crippen LogP contribution < -0.4 is 5.32 Å². The smallest absolute Gasteiger partial charge is 0.333 e. The van der Waals surface area contributed by atoms with Gasteiger partial charge in [0.2, 0.25) is 5.91 Å². The molecule has 0 aliphatic carbocycles. The summed E-state index contributed by atoms with van der Waals surface area (Å²) in [6, 6.07) is 4.47. The van der Waals surface area contributed by atoms with E-state index in [0.29, 0.717) is 5.56 Å². The number of nitrogens with one attached hydrogen (secondary N) is 2. The van der Waals surface area contributed by atoms with Crippen molar-refractivity contribution in [3.05, 3.63) is 30.1 Å². The highest BCUT2D eigenvalue weighted by Gasteiger charge is 2.22. The number of ether oxygens (including phenoxy) is 1. The molecule has 1 amide bonds. The van der Waals surface area contributed by atoms with Crippen LogP contribution >= 0.6 is 0 Å². The van der Waals surface area contributed by atoms with Gasteiger partial charge in [-0.15, -0.1) is 0 Å². The first-order chi connectivity index (χ1) is 8.61. The Morgan fingerprint density at radius 3 is 2.89 bits per heavy atom. The van der Waals surface area contributed by atoms with Gasteiger partial charge < -0.3 is 15.0 Å². The van der Waals surface area contributed by atoms with Crippen LogP contribution in [0, 0.1) is 0 Å². The van der Waals surface area contributed by atoms with E-state index in [1.807, 2.05) is 0 Å². The summed E-state index contributed by atoms with van der Waals surface area (Å²) in [6.45, 7) is 1.35. The number of fused-ring (bicyclic) bond motifs is 1. The molecule has 0 spiro atoms. The van der Waals surface area contributed by atoms with E-state index >= 15 is 0 Å². The zero-order valence-electron chi connectivity index (χ0n) is 10.1. The fourth-order valence-electron chi connectivity index (χ4n) is 1.73. The zero-order chi connectivity index (χ0) is 13.1. The Morgan fingerprint density at radius 1 is 1.44 bits per heavy atom. The molecule has 2 N–H and O–H groups in total. The number of aromatic nitrogens is 2. The maximum Gasteiger partial charge on any atom is 0.333 e. The maximum atomic E-state index is 11.7. The van der Waals surface area contributed by atoms with E-state index in [0.717, 1.165) is 11.0 Å². The minimum atomic E-state index is -0.805. The number of carbonyl (C=O) groups is 2. The van der Waals surface area contributed by atoms with E-state index in [9.17, 15) is 9.59 Å². The number of nitrogens with zero attached hydrogens (tertiary/aromatic N) is 1. The maximum absolute atomic E-state index is 11.7. The normalized spacial score (nSPS) is 12.1. The molecule has 6 nitrogen and oxygen atoms in total. The number of carbonyl (C=O) groups excluding carboxylic acids is 2. The van der Waals surface area contributed by atoms with Crippen molar-refractivity contribution in [2.75, 3.05) is 7.11 Å². The number of hydrogen-bond acceptors (Lipinski definition) is 4.